The highest BCUT2D eigenvalue weighted by Gasteiger charge is 2.35. The third-order valence-electron chi connectivity index (χ3n) is 2.59. The van der Waals surface area contributed by atoms with Crippen LogP contribution in [-0.4, -0.2) is 33.5 Å². The monoisotopic (exact) mass is 351 g/mol. The number of hydrogen-bond acceptors (Lipinski definition) is 5. The summed E-state index contributed by atoms with van der Waals surface area (Å²) in [5, 5.41) is 9.70. The molecule has 8 heteroatoms. The molecule has 1 aromatic heterocycles. The summed E-state index contributed by atoms with van der Waals surface area (Å²) in [6, 6.07) is 1.24. The number of aromatic amines is 1. The zero-order chi connectivity index (χ0) is 12.4. The van der Waals surface area contributed by atoms with Crippen molar-refractivity contribution in [2.75, 3.05) is 6.61 Å². The SMILES string of the molecule is O=c1ccn([C@@H]2C[C@H](O)[C@@H](CO[124I])O2)c(=O)[nH]1. The number of halogens is 1. The highest BCUT2D eigenvalue weighted by Crippen LogP contribution is 2.27. The number of aromatic nitrogens is 2. The van der Waals surface area contributed by atoms with E-state index in [0.29, 0.717) is 0 Å². The quantitative estimate of drug-likeness (QED) is 0.720. The van der Waals surface area contributed by atoms with Crippen LogP contribution >= 0.6 is 23.0 Å². The maximum atomic E-state index is 11.5. The van der Waals surface area contributed by atoms with Crippen LogP contribution in [0.2, 0.25) is 0 Å². The van der Waals surface area contributed by atoms with Gasteiger partial charge in [-0.05, 0) is 0 Å². The van der Waals surface area contributed by atoms with Crippen molar-refractivity contribution in [1.82, 2.24) is 9.55 Å². The maximum absolute atomic E-state index is 11.5. The Morgan fingerprint density at radius 1 is 1.65 bits per heavy atom. The topological polar surface area (TPSA) is 93.6 Å². The zero-order valence-electron chi connectivity index (χ0n) is 8.71. The van der Waals surface area contributed by atoms with Crippen molar-refractivity contribution < 1.29 is 12.9 Å². The molecule has 2 N–H and O–H groups in total. The van der Waals surface area contributed by atoms with Crippen LogP contribution in [-0.2, 0) is 7.80 Å². The maximum Gasteiger partial charge on any atom is 0.330 e. The van der Waals surface area contributed by atoms with Crippen molar-refractivity contribution >= 4 is 23.0 Å². The second kappa shape index (κ2) is 5.29. The summed E-state index contributed by atoms with van der Waals surface area (Å²) in [6.45, 7) is 0.246. The number of H-pyrrole nitrogens is 1. The third-order valence-corrected chi connectivity index (χ3v) is 2.95. The van der Waals surface area contributed by atoms with Gasteiger partial charge in [-0.25, -0.2) is 4.79 Å². The standard InChI is InChI=1S/C9H11IN2O5/c10-16-4-6-5(13)3-8(17-6)12-2-1-7(14)11-9(12)15/h1-2,5-6,8,13H,3-4H2,(H,11,14,15)/t5-,6+,8-/m0/s1/i10-3. The molecule has 1 aliphatic rings. The summed E-state index contributed by atoms with van der Waals surface area (Å²) < 4.78 is 11.6. The Labute approximate surface area is 110 Å². The van der Waals surface area contributed by atoms with Crippen molar-refractivity contribution in [2.24, 2.45) is 0 Å². The number of nitrogens with one attached hydrogen (secondary N) is 1. The third kappa shape index (κ3) is 2.76. The lowest BCUT2D eigenvalue weighted by Crippen LogP contribution is -2.31. The summed E-state index contributed by atoms with van der Waals surface area (Å²) in [5.41, 5.74) is -1.01. The lowest BCUT2D eigenvalue weighted by atomic mass is 10.2. The number of hydrogen-bond donors (Lipinski definition) is 2. The molecular weight excluding hydrogens is 340 g/mol. The van der Waals surface area contributed by atoms with Gasteiger partial charge in [-0.1, -0.05) is 0 Å². The molecule has 1 saturated heterocycles. The van der Waals surface area contributed by atoms with E-state index >= 15 is 0 Å². The Hall–Kier alpha value is -0.710. The van der Waals surface area contributed by atoms with Gasteiger partial charge in [0.2, 0.25) is 0 Å². The predicted molar refractivity (Wildman–Crippen MR) is 65.8 cm³/mol. The average molecular weight is 351 g/mol. The Morgan fingerprint density at radius 3 is 3.06 bits per heavy atom. The van der Waals surface area contributed by atoms with E-state index in [1.54, 1.807) is 23.0 Å². The first-order valence-corrected chi connectivity index (χ1v) is 5.88. The molecule has 0 radical (unpaired) electrons. The van der Waals surface area contributed by atoms with Crippen LogP contribution in [0.1, 0.15) is 12.6 Å². The van der Waals surface area contributed by atoms with Gasteiger partial charge in [0.1, 0.15) is 35.3 Å². The van der Waals surface area contributed by atoms with Gasteiger partial charge in [-0.3, -0.25) is 14.3 Å². The number of ether oxygens (including phenoxy) is 1. The molecule has 1 aromatic rings. The first-order chi connectivity index (χ1) is 8.11. The Kier molecular flexibility index (Phi) is 3.97. The first kappa shape index (κ1) is 12.7. The fraction of sp³-hybridized carbons (Fsp3) is 0.556. The second-order valence-corrected chi connectivity index (χ2v) is 4.35. The van der Waals surface area contributed by atoms with Gasteiger partial charge in [-0.15, -0.1) is 0 Å². The molecule has 1 aliphatic heterocycles. The van der Waals surface area contributed by atoms with E-state index in [2.05, 4.69) is 4.98 Å². The highest BCUT2D eigenvalue weighted by molar-refractivity contribution is 14.1. The average Bonchev–Trinajstić information content (AvgIpc) is 2.60. The zero-order valence-corrected chi connectivity index (χ0v) is 10.9. The molecule has 17 heavy (non-hydrogen) atoms. The van der Waals surface area contributed by atoms with Gasteiger partial charge in [0, 0.05) is 18.7 Å². The fourth-order valence-corrected chi connectivity index (χ4v) is 2.11. The van der Waals surface area contributed by atoms with E-state index in [1.807, 2.05) is 0 Å². The molecule has 2 heterocycles. The van der Waals surface area contributed by atoms with Gasteiger partial charge < -0.3 is 12.9 Å². The van der Waals surface area contributed by atoms with Crippen LogP contribution in [0.25, 0.3) is 0 Å². The summed E-state index contributed by atoms with van der Waals surface area (Å²) in [7, 11) is 0. The minimum atomic E-state index is -0.686. The molecule has 0 spiro atoms. The molecule has 94 valence electrons. The molecule has 0 aliphatic carbocycles. The molecule has 0 unspecified atom stereocenters. The Bertz CT molecular complexity index is 499. The first-order valence-electron chi connectivity index (χ1n) is 5.00. The minimum Gasteiger partial charge on any atom is -0.390 e. The van der Waals surface area contributed by atoms with E-state index in [9.17, 15) is 14.7 Å². The summed E-state index contributed by atoms with van der Waals surface area (Å²) in [4.78, 5) is 24.6. The molecular formula is C9H11IN2O5. The van der Waals surface area contributed by atoms with Crippen LogP contribution in [0.4, 0.5) is 0 Å². The summed E-state index contributed by atoms with van der Waals surface area (Å²) in [5.74, 6) is 0. The van der Waals surface area contributed by atoms with E-state index in [-0.39, 0.29) is 13.0 Å². The molecule has 0 saturated carbocycles. The molecule has 0 aromatic carbocycles. The van der Waals surface area contributed by atoms with Crippen LogP contribution < -0.4 is 11.2 Å². The molecule has 3 atom stereocenters. The van der Waals surface area contributed by atoms with Crippen molar-refractivity contribution in [3.05, 3.63) is 33.1 Å². The Morgan fingerprint density at radius 2 is 2.41 bits per heavy atom. The van der Waals surface area contributed by atoms with E-state index in [0.717, 1.165) is 0 Å². The molecule has 0 amide bonds. The normalized spacial score (nSPS) is 28.5. The molecule has 0 bridgehead atoms. The summed E-state index contributed by atoms with van der Waals surface area (Å²) >= 11 is 1.71. The molecule has 1 fully saturated rings. The number of nitrogens with zero attached hydrogens (tertiary/aromatic N) is 1. The van der Waals surface area contributed by atoms with E-state index in [4.69, 9.17) is 7.80 Å². The number of aliphatic hydroxyl groups excluding tert-OH is 1. The van der Waals surface area contributed by atoms with Gasteiger partial charge in [0.25, 0.3) is 5.56 Å². The molecule has 2 rings (SSSR count). The predicted octanol–water partition coefficient (Wildman–Crippen LogP) is -0.448. The van der Waals surface area contributed by atoms with Crippen LogP contribution in [0, 0.1) is 0 Å². The smallest absolute Gasteiger partial charge is 0.330 e. The minimum absolute atomic E-state index is 0.246. The van der Waals surface area contributed by atoms with Crippen LogP contribution in [0.3, 0.4) is 0 Å². The van der Waals surface area contributed by atoms with Crippen molar-refractivity contribution in [3.8, 4) is 0 Å². The lowest BCUT2D eigenvalue weighted by molar-refractivity contribution is -0.0347. The van der Waals surface area contributed by atoms with Gasteiger partial charge in [-0.2, -0.15) is 0 Å². The fourth-order valence-electron chi connectivity index (χ4n) is 1.75. The second-order valence-electron chi connectivity index (χ2n) is 3.73. The van der Waals surface area contributed by atoms with Gasteiger partial charge in [0.15, 0.2) is 0 Å². The van der Waals surface area contributed by atoms with Gasteiger partial charge >= 0.3 is 5.69 Å². The van der Waals surface area contributed by atoms with Crippen LogP contribution in [0.15, 0.2) is 21.9 Å². The largest absolute Gasteiger partial charge is 0.390 e. The van der Waals surface area contributed by atoms with Crippen molar-refractivity contribution in [3.63, 3.8) is 0 Å². The lowest BCUT2D eigenvalue weighted by Gasteiger charge is -2.14. The number of rotatable bonds is 3. The van der Waals surface area contributed by atoms with E-state index in [1.165, 1.54) is 16.8 Å². The number of aliphatic hydroxyl groups is 1. The van der Waals surface area contributed by atoms with E-state index < -0.39 is 29.7 Å². The summed E-state index contributed by atoms with van der Waals surface area (Å²) in [6.07, 6.45) is -0.0853. The van der Waals surface area contributed by atoms with Crippen molar-refractivity contribution in [2.45, 2.75) is 24.9 Å². The van der Waals surface area contributed by atoms with Gasteiger partial charge in [0.05, 0.1) is 12.7 Å². The van der Waals surface area contributed by atoms with Crippen molar-refractivity contribution in [1.29, 1.82) is 0 Å². The molecule has 7 nitrogen and oxygen atoms in total. The Balaban J connectivity index is 2.19. The highest BCUT2D eigenvalue weighted by atomic mass is 124. The van der Waals surface area contributed by atoms with Crippen LogP contribution in [0.5, 0.6) is 0 Å².